The zero-order valence-corrected chi connectivity index (χ0v) is 13.2. The van der Waals surface area contributed by atoms with Crippen molar-refractivity contribution in [2.75, 3.05) is 6.54 Å². The van der Waals surface area contributed by atoms with Crippen LogP contribution in [0.15, 0.2) is 12.3 Å². The van der Waals surface area contributed by atoms with Gasteiger partial charge in [-0.3, -0.25) is 0 Å². The number of nitrogens with one attached hydrogen (secondary N) is 1. The quantitative estimate of drug-likeness (QED) is 0.676. The Hall–Kier alpha value is -0.460. The summed E-state index contributed by atoms with van der Waals surface area (Å²) in [5, 5.41) is 3.56. The van der Waals surface area contributed by atoms with Crippen LogP contribution in [-0.4, -0.2) is 6.54 Å². The molecule has 0 spiro atoms. The Morgan fingerprint density at radius 2 is 1.20 bits per heavy atom. The fourth-order valence-electron chi connectivity index (χ4n) is 5.08. The van der Waals surface area contributed by atoms with Gasteiger partial charge < -0.3 is 5.32 Å². The molecule has 1 heterocycles. The van der Waals surface area contributed by atoms with E-state index in [0.29, 0.717) is 0 Å². The van der Waals surface area contributed by atoms with Crippen molar-refractivity contribution in [1.29, 1.82) is 0 Å². The van der Waals surface area contributed by atoms with Gasteiger partial charge in [-0.2, -0.15) is 0 Å². The fourth-order valence-corrected chi connectivity index (χ4v) is 5.08. The summed E-state index contributed by atoms with van der Waals surface area (Å²) in [5.41, 5.74) is 0. The SMILES string of the molecule is C1=CC(C2CCCCCC2)C(C2CCCCCC2)CN1. The van der Waals surface area contributed by atoms with Gasteiger partial charge in [0.15, 0.2) is 0 Å². The van der Waals surface area contributed by atoms with Crippen molar-refractivity contribution in [1.82, 2.24) is 5.32 Å². The lowest BCUT2D eigenvalue weighted by molar-refractivity contribution is 0.163. The molecule has 2 fully saturated rings. The lowest BCUT2D eigenvalue weighted by Gasteiger charge is -2.39. The van der Waals surface area contributed by atoms with E-state index in [-0.39, 0.29) is 0 Å². The maximum atomic E-state index is 3.56. The molecule has 0 amide bonds. The molecule has 114 valence electrons. The predicted octanol–water partition coefficient (Wildman–Crippen LogP) is 5.28. The second-order valence-electron chi connectivity index (χ2n) is 7.51. The van der Waals surface area contributed by atoms with Crippen LogP contribution in [0.25, 0.3) is 0 Å². The minimum atomic E-state index is 0.887. The molecule has 3 rings (SSSR count). The molecular weight excluding hydrogens is 242 g/mol. The molecular formula is C19H33N. The Kier molecular flexibility index (Phi) is 5.44. The molecule has 0 bridgehead atoms. The van der Waals surface area contributed by atoms with Gasteiger partial charge in [0.1, 0.15) is 0 Å². The molecule has 1 aliphatic heterocycles. The smallest absolute Gasteiger partial charge is 0.0178 e. The Balaban J connectivity index is 1.68. The van der Waals surface area contributed by atoms with Gasteiger partial charge in [0.2, 0.25) is 0 Å². The Morgan fingerprint density at radius 3 is 1.80 bits per heavy atom. The van der Waals surface area contributed by atoms with E-state index in [0.717, 1.165) is 23.7 Å². The molecule has 3 aliphatic rings. The summed E-state index contributed by atoms with van der Waals surface area (Å²) in [4.78, 5) is 0. The van der Waals surface area contributed by atoms with Gasteiger partial charge in [-0.25, -0.2) is 0 Å². The number of hydrogen-bond donors (Lipinski definition) is 1. The molecule has 0 saturated heterocycles. The van der Waals surface area contributed by atoms with Crippen molar-refractivity contribution in [2.45, 2.75) is 77.0 Å². The number of allylic oxidation sites excluding steroid dienone is 1. The minimum absolute atomic E-state index is 0.887. The first-order valence-electron chi connectivity index (χ1n) is 9.35. The molecule has 2 saturated carbocycles. The van der Waals surface area contributed by atoms with Gasteiger partial charge in [0.05, 0.1) is 0 Å². The van der Waals surface area contributed by atoms with Crippen LogP contribution in [0.1, 0.15) is 77.0 Å². The zero-order valence-electron chi connectivity index (χ0n) is 13.2. The summed E-state index contributed by atoms with van der Waals surface area (Å²) in [7, 11) is 0. The van der Waals surface area contributed by atoms with Crippen molar-refractivity contribution in [3.05, 3.63) is 12.3 Å². The second-order valence-corrected chi connectivity index (χ2v) is 7.51. The number of rotatable bonds is 2. The molecule has 1 N–H and O–H groups in total. The van der Waals surface area contributed by atoms with Gasteiger partial charge in [-0.15, -0.1) is 0 Å². The van der Waals surface area contributed by atoms with E-state index in [9.17, 15) is 0 Å². The van der Waals surface area contributed by atoms with E-state index in [1.165, 1.54) is 83.6 Å². The largest absolute Gasteiger partial charge is 0.391 e. The third kappa shape index (κ3) is 3.59. The molecule has 1 heteroatoms. The standard InChI is InChI=1S/C19H33N/c1-2-6-10-16(9-5-1)18-13-14-20-15-19(18)17-11-7-3-4-8-12-17/h13-14,16-20H,1-12,15H2. The van der Waals surface area contributed by atoms with Crippen molar-refractivity contribution in [3.63, 3.8) is 0 Å². The third-order valence-corrected chi connectivity index (χ3v) is 6.23. The predicted molar refractivity (Wildman–Crippen MR) is 86.5 cm³/mol. The Morgan fingerprint density at radius 1 is 0.650 bits per heavy atom. The highest BCUT2D eigenvalue weighted by Gasteiger charge is 2.34. The minimum Gasteiger partial charge on any atom is -0.391 e. The molecule has 0 radical (unpaired) electrons. The van der Waals surface area contributed by atoms with Crippen molar-refractivity contribution in [3.8, 4) is 0 Å². The normalized spacial score (nSPS) is 34.2. The van der Waals surface area contributed by atoms with E-state index >= 15 is 0 Å². The second kappa shape index (κ2) is 7.52. The highest BCUT2D eigenvalue weighted by atomic mass is 14.9. The first kappa shape index (κ1) is 14.5. The van der Waals surface area contributed by atoms with E-state index in [1.54, 1.807) is 0 Å². The molecule has 0 aromatic carbocycles. The maximum absolute atomic E-state index is 3.56. The average molecular weight is 275 g/mol. The summed E-state index contributed by atoms with van der Waals surface area (Å²) in [6, 6.07) is 0. The average Bonchev–Trinajstić information content (AvgIpc) is 2.92. The molecule has 0 aromatic rings. The van der Waals surface area contributed by atoms with Crippen LogP contribution in [-0.2, 0) is 0 Å². The first-order valence-corrected chi connectivity index (χ1v) is 9.35. The zero-order chi connectivity index (χ0) is 13.6. The van der Waals surface area contributed by atoms with Gasteiger partial charge in [-0.05, 0) is 42.7 Å². The van der Waals surface area contributed by atoms with Crippen LogP contribution < -0.4 is 5.32 Å². The maximum Gasteiger partial charge on any atom is 0.0178 e. The highest BCUT2D eigenvalue weighted by molar-refractivity contribution is 5.01. The van der Waals surface area contributed by atoms with Gasteiger partial charge in [-0.1, -0.05) is 70.3 Å². The summed E-state index contributed by atoms with van der Waals surface area (Å²) >= 11 is 0. The lowest BCUT2D eigenvalue weighted by Crippen LogP contribution is -2.38. The van der Waals surface area contributed by atoms with Crippen LogP contribution >= 0.6 is 0 Å². The Labute approximate surface area is 125 Å². The fraction of sp³-hybridized carbons (Fsp3) is 0.895. The topological polar surface area (TPSA) is 12.0 Å². The van der Waals surface area contributed by atoms with Crippen molar-refractivity contribution in [2.24, 2.45) is 23.7 Å². The van der Waals surface area contributed by atoms with Crippen molar-refractivity contribution < 1.29 is 0 Å². The van der Waals surface area contributed by atoms with E-state index in [1.807, 2.05) is 0 Å². The summed E-state index contributed by atoms with van der Waals surface area (Å²) < 4.78 is 0. The van der Waals surface area contributed by atoms with Gasteiger partial charge in [0.25, 0.3) is 0 Å². The molecule has 0 aromatic heterocycles. The molecule has 2 atom stereocenters. The molecule has 1 nitrogen and oxygen atoms in total. The monoisotopic (exact) mass is 275 g/mol. The van der Waals surface area contributed by atoms with Crippen LogP contribution in [0.5, 0.6) is 0 Å². The third-order valence-electron chi connectivity index (χ3n) is 6.23. The van der Waals surface area contributed by atoms with Crippen LogP contribution in [0, 0.1) is 23.7 Å². The number of hydrogen-bond acceptors (Lipinski definition) is 1. The van der Waals surface area contributed by atoms with E-state index < -0.39 is 0 Å². The molecule has 2 aliphatic carbocycles. The van der Waals surface area contributed by atoms with Crippen LogP contribution in [0.2, 0.25) is 0 Å². The van der Waals surface area contributed by atoms with Crippen LogP contribution in [0.4, 0.5) is 0 Å². The van der Waals surface area contributed by atoms with E-state index in [4.69, 9.17) is 0 Å². The highest BCUT2D eigenvalue weighted by Crippen LogP contribution is 2.41. The van der Waals surface area contributed by atoms with Gasteiger partial charge in [0, 0.05) is 6.54 Å². The lowest BCUT2D eigenvalue weighted by atomic mass is 9.69. The summed E-state index contributed by atoms with van der Waals surface area (Å²) in [6.07, 6.45) is 22.7. The van der Waals surface area contributed by atoms with Crippen LogP contribution in [0.3, 0.4) is 0 Å². The van der Waals surface area contributed by atoms with Crippen molar-refractivity contribution >= 4 is 0 Å². The Bertz CT molecular complexity index is 293. The molecule has 2 unspecified atom stereocenters. The van der Waals surface area contributed by atoms with E-state index in [2.05, 4.69) is 17.6 Å². The van der Waals surface area contributed by atoms with Gasteiger partial charge >= 0.3 is 0 Å². The summed E-state index contributed by atoms with van der Waals surface area (Å²) in [5.74, 6) is 3.81. The summed E-state index contributed by atoms with van der Waals surface area (Å²) in [6.45, 7) is 1.25. The first-order chi connectivity index (χ1) is 9.95. The molecule has 20 heavy (non-hydrogen) atoms.